The van der Waals surface area contributed by atoms with E-state index >= 15 is 0 Å². The first-order chi connectivity index (χ1) is 10.8. The van der Waals surface area contributed by atoms with Crippen LogP contribution in [0.5, 0.6) is 0 Å². The Hall–Kier alpha value is -1.53. The summed E-state index contributed by atoms with van der Waals surface area (Å²) in [7, 11) is 0. The second-order valence-electron chi connectivity index (χ2n) is 5.40. The number of allylic oxidation sites excluding steroid dienone is 5. The van der Waals surface area contributed by atoms with Crippen molar-refractivity contribution in [2.24, 2.45) is 5.92 Å². The van der Waals surface area contributed by atoms with Crippen molar-refractivity contribution in [1.29, 1.82) is 0 Å². The highest BCUT2D eigenvalue weighted by atomic mass is 35.5. The number of rotatable bonds is 4. The molecule has 2 unspecified atom stereocenters. The third kappa shape index (κ3) is 3.87. The van der Waals surface area contributed by atoms with E-state index in [4.69, 9.17) is 11.6 Å². The fraction of sp³-hybridized carbons (Fsp3) is 0.438. The predicted molar refractivity (Wildman–Crippen MR) is 83.9 cm³/mol. The molecule has 0 aliphatic carbocycles. The number of aliphatic hydroxyl groups excluding tert-OH is 1. The van der Waals surface area contributed by atoms with Crippen molar-refractivity contribution in [1.82, 2.24) is 9.55 Å². The van der Waals surface area contributed by atoms with Crippen molar-refractivity contribution >= 4 is 17.7 Å². The molecule has 3 nitrogen and oxygen atoms in total. The minimum atomic E-state index is -4.31. The molecule has 0 bridgehead atoms. The van der Waals surface area contributed by atoms with Crippen LogP contribution in [0.4, 0.5) is 13.2 Å². The zero-order chi connectivity index (χ0) is 17.2. The number of nitrogens with zero attached hydrogens (tertiary/aromatic N) is 2. The van der Waals surface area contributed by atoms with Gasteiger partial charge in [0.15, 0.2) is 0 Å². The van der Waals surface area contributed by atoms with E-state index < -0.39 is 12.1 Å². The highest BCUT2D eigenvalue weighted by molar-refractivity contribution is 6.31. The van der Waals surface area contributed by atoms with Crippen LogP contribution in [0.25, 0.3) is 6.08 Å². The molecule has 23 heavy (non-hydrogen) atoms. The van der Waals surface area contributed by atoms with E-state index in [0.29, 0.717) is 22.2 Å². The van der Waals surface area contributed by atoms with Crippen LogP contribution in [0, 0.1) is 5.92 Å². The van der Waals surface area contributed by atoms with Gasteiger partial charge >= 0.3 is 6.18 Å². The molecule has 1 aliphatic rings. The molecule has 0 aromatic carbocycles. The maximum atomic E-state index is 12.9. The quantitative estimate of drug-likeness (QED) is 0.821. The molecule has 126 valence electrons. The van der Waals surface area contributed by atoms with Gasteiger partial charge in [-0.1, -0.05) is 36.8 Å². The Morgan fingerprint density at radius 2 is 2.26 bits per heavy atom. The molecule has 0 spiro atoms. The first-order valence-electron chi connectivity index (χ1n) is 7.23. The maximum Gasteiger partial charge on any atom is 0.396 e. The molecule has 0 radical (unpaired) electrons. The molecule has 2 atom stereocenters. The summed E-state index contributed by atoms with van der Waals surface area (Å²) in [6, 6.07) is 0. The molecule has 1 N–H and O–H groups in total. The summed E-state index contributed by atoms with van der Waals surface area (Å²) < 4.78 is 40.2. The minimum absolute atomic E-state index is 0.179. The molecular formula is C16H18ClF3N2O. The minimum Gasteiger partial charge on any atom is -0.390 e. The Morgan fingerprint density at radius 3 is 2.83 bits per heavy atom. The van der Waals surface area contributed by atoms with E-state index in [1.807, 2.05) is 6.92 Å². The van der Waals surface area contributed by atoms with E-state index in [1.54, 1.807) is 25.2 Å². The van der Waals surface area contributed by atoms with E-state index in [1.165, 1.54) is 10.6 Å². The van der Waals surface area contributed by atoms with Gasteiger partial charge in [-0.05, 0) is 19.1 Å². The molecule has 0 saturated heterocycles. The average Bonchev–Trinajstić information content (AvgIpc) is 2.88. The Kier molecular flexibility index (Phi) is 5.37. The lowest BCUT2D eigenvalue weighted by molar-refractivity contribution is -0.164. The molecule has 1 aromatic rings. The normalized spacial score (nSPS) is 20.1. The lowest BCUT2D eigenvalue weighted by Gasteiger charge is -2.22. The predicted octanol–water partition coefficient (Wildman–Crippen LogP) is 4.38. The molecule has 7 heteroatoms. The Bertz CT molecular complexity index is 659. The van der Waals surface area contributed by atoms with E-state index in [2.05, 4.69) is 4.98 Å². The molecule has 0 fully saturated rings. The number of hydrogen-bond donors (Lipinski definition) is 1. The van der Waals surface area contributed by atoms with Crippen LogP contribution in [-0.2, 0) is 13.2 Å². The number of fused-ring (bicyclic) bond motifs is 1. The smallest absolute Gasteiger partial charge is 0.390 e. The fourth-order valence-corrected chi connectivity index (χ4v) is 2.56. The third-order valence-electron chi connectivity index (χ3n) is 3.81. The van der Waals surface area contributed by atoms with Gasteiger partial charge in [0.25, 0.3) is 0 Å². The Labute approximate surface area is 137 Å². The average molecular weight is 347 g/mol. The molecule has 2 rings (SSSR count). The summed E-state index contributed by atoms with van der Waals surface area (Å²) in [5.41, 5.74) is 0.971. The summed E-state index contributed by atoms with van der Waals surface area (Å²) in [5.74, 6) is -1.31. The van der Waals surface area contributed by atoms with Gasteiger partial charge in [-0.15, -0.1) is 0 Å². The molecule has 1 aliphatic heterocycles. The lowest BCUT2D eigenvalue weighted by Crippen LogP contribution is -2.28. The van der Waals surface area contributed by atoms with Gasteiger partial charge < -0.3 is 9.67 Å². The first kappa shape index (κ1) is 17.8. The molecule has 2 heterocycles. The lowest BCUT2D eigenvalue weighted by atomic mass is 10.0. The van der Waals surface area contributed by atoms with Crippen molar-refractivity contribution in [2.75, 3.05) is 0 Å². The summed E-state index contributed by atoms with van der Waals surface area (Å²) in [6.45, 7) is 3.03. The largest absolute Gasteiger partial charge is 0.396 e. The summed E-state index contributed by atoms with van der Waals surface area (Å²) in [6.07, 6.45) is 3.41. The van der Waals surface area contributed by atoms with Gasteiger partial charge in [-0.25, -0.2) is 4.98 Å². The van der Waals surface area contributed by atoms with Gasteiger partial charge in [-0.3, -0.25) is 0 Å². The van der Waals surface area contributed by atoms with Gasteiger partial charge in [0.1, 0.15) is 5.82 Å². The third-order valence-corrected chi connectivity index (χ3v) is 4.16. The Balaban J connectivity index is 2.34. The number of aromatic nitrogens is 2. The summed E-state index contributed by atoms with van der Waals surface area (Å²) >= 11 is 5.90. The molecule has 0 saturated carbocycles. The zero-order valence-corrected chi connectivity index (χ0v) is 13.6. The number of alkyl halides is 3. The first-order valence-corrected chi connectivity index (χ1v) is 7.60. The number of halogens is 4. The summed E-state index contributed by atoms with van der Waals surface area (Å²) in [4.78, 5) is 4.38. The SMILES string of the molecule is C/C=C(Cl)\C=C/C(C)c1nc2n(c1CO)CC(C(F)(F)F)C=C2. The van der Waals surface area contributed by atoms with Crippen molar-refractivity contribution < 1.29 is 18.3 Å². The van der Waals surface area contributed by atoms with Crippen molar-refractivity contribution in [3.05, 3.63) is 46.5 Å². The van der Waals surface area contributed by atoms with Crippen LogP contribution < -0.4 is 0 Å². The van der Waals surface area contributed by atoms with E-state index in [-0.39, 0.29) is 19.1 Å². The van der Waals surface area contributed by atoms with Gasteiger partial charge in [-0.2, -0.15) is 13.2 Å². The second-order valence-corrected chi connectivity index (χ2v) is 5.84. The van der Waals surface area contributed by atoms with Crippen LogP contribution in [0.2, 0.25) is 0 Å². The van der Waals surface area contributed by atoms with Crippen molar-refractivity contribution in [2.45, 2.75) is 39.1 Å². The summed E-state index contributed by atoms with van der Waals surface area (Å²) in [5, 5.41) is 10.2. The van der Waals surface area contributed by atoms with Gasteiger partial charge in [0.05, 0.1) is 23.9 Å². The second kappa shape index (κ2) is 6.93. The van der Waals surface area contributed by atoms with Crippen LogP contribution in [0.15, 0.2) is 29.3 Å². The Morgan fingerprint density at radius 1 is 1.57 bits per heavy atom. The monoisotopic (exact) mass is 346 g/mol. The van der Waals surface area contributed by atoms with Gasteiger partial charge in [0, 0.05) is 17.5 Å². The standard InChI is InChI=1S/C16H18ClF3N2O/c1-3-12(17)6-4-10(2)15-13(9-23)22-8-11(16(18,19)20)5-7-14(22)21-15/h3-7,10-11,23H,8-9H2,1-2H3/b6-4-,12-3+. The highest BCUT2D eigenvalue weighted by Gasteiger charge is 2.40. The van der Waals surface area contributed by atoms with Gasteiger partial charge in [0.2, 0.25) is 0 Å². The molecule has 0 amide bonds. The number of imidazole rings is 1. The number of hydrogen-bond acceptors (Lipinski definition) is 2. The zero-order valence-electron chi connectivity index (χ0n) is 12.8. The van der Waals surface area contributed by atoms with Crippen molar-refractivity contribution in [3.63, 3.8) is 0 Å². The van der Waals surface area contributed by atoms with Crippen LogP contribution in [0.3, 0.4) is 0 Å². The van der Waals surface area contributed by atoms with Crippen molar-refractivity contribution in [3.8, 4) is 0 Å². The topological polar surface area (TPSA) is 38.0 Å². The van der Waals surface area contributed by atoms with Crippen LogP contribution in [0.1, 0.15) is 37.0 Å². The van der Waals surface area contributed by atoms with E-state index in [9.17, 15) is 18.3 Å². The van der Waals surface area contributed by atoms with Crippen LogP contribution >= 0.6 is 11.6 Å². The molecular weight excluding hydrogens is 329 g/mol. The van der Waals surface area contributed by atoms with E-state index in [0.717, 1.165) is 6.08 Å². The molecule has 1 aromatic heterocycles. The maximum absolute atomic E-state index is 12.9. The number of aliphatic hydroxyl groups is 1. The fourth-order valence-electron chi connectivity index (χ4n) is 2.48. The van der Waals surface area contributed by atoms with Crippen LogP contribution in [-0.4, -0.2) is 20.8 Å². The highest BCUT2D eigenvalue weighted by Crippen LogP contribution is 2.34.